The molecular weight excluding hydrogens is 503 g/mol. The van der Waals surface area contributed by atoms with Gasteiger partial charge in [0.25, 0.3) is 0 Å². The molecule has 0 amide bonds. The van der Waals surface area contributed by atoms with E-state index >= 15 is 0 Å². The third-order valence-corrected chi connectivity index (χ3v) is 24.3. The van der Waals surface area contributed by atoms with E-state index in [1.165, 1.54) is 22.3 Å². The summed E-state index contributed by atoms with van der Waals surface area (Å²) >= 11 is -3.32. The molecule has 0 fully saturated rings. The second-order valence-corrected chi connectivity index (χ2v) is 40.0. The molecule has 2 aliphatic rings. The number of fused-ring (bicyclic) bond motifs is 2. The standard InChI is InChI=1S/C15H11.C9H7.2CH3.2ClH.H2Si.Zr/c1-2-6-12(7-3-1)15-10-13-8-4-5-9-14(13)11-15;1-2-5-9-7-3-6-8(9)4-1;;;;;;/h1-11H;1-7H;2*1H3;2*1H;1H2;. The van der Waals surface area contributed by atoms with Gasteiger partial charge in [0.15, 0.2) is 0 Å². The summed E-state index contributed by atoms with van der Waals surface area (Å²) in [6.07, 6.45) is 7.35. The molecule has 0 N–H and O–H groups in total. The first-order chi connectivity index (χ1) is 13.4. The van der Waals surface area contributed by atoms with Gasteiger partial charge in [-0.25, -0.2) is 0 Å². The molecule has 0 radical (unpaired) electrons. The zero-order chi connectivity index (χ0) is 19.4. The topological polar surface area (TPSA) is 0 Å². The number of benzene rings is 3. The van der Waals surface area contributed by atoms with Gasteiger partial charge in [-0.1, -0.05) is 0 Å². The molecule has 3 aromatic carbocycles. The monoisotopic (exact) mass is 528 g/mol. The van der Waals surface area contributed by atoms with Crippen LogP contribution in [-0.2, 0) is 17.4 Å². The van der Waals surface area contributed by atoms with Crippen LogP contribution in [0.15, 0.2) is 84.9 Å². The van der Waals surface area contributed by atoms with Crippen molar-refractivity contribution in [1.29, 1.82) is 0 Å². The first-order valence-corrected chi connectivity index (χ1v) is 23.8. The van der Waals surface area contributed by atoms with Crippen molar-refractivity contribution in [3.63, 3.8) is 0 Å². The van der Waals surface area contributed by atoms with E-state index < -0.39 is 17.4 Å². The van der Waals surface area contributed by atoms with Crippen LogP contribution in [0.2, 0.25) is 9.26 Å². The Morgan fingerprint density at radius 2 is 1.27 bits per heavy atom. The van der Waals surface area contributed by atoms with Gasteiger partial charge in [0, 0.05) is 0 Å². The van der Waals surface area contributed by atoms with E-state index in [-0.39, 0.29) is 24.8 Å². The van der Waals surface area contributed by atoms with Crippen molar-refractivity contribution in [2.24, 2.45) is 0 Å². The molecule has 2 atom stereocenters. The SMILES string of the molecule is Cl.Cl.[CH3][Zr]([CH3])(=[SiH2])([CH]1C=Cc2ccccc21)[CH]1C(c2ccccc2)=Cc2ccccc21. The van der Waals surface area contributed by atoms with Crippen LogP contribution < -0.4 is 0 Å². The summed E-state index contributed by atoms with van der Waals surface area (Å²) in [5.74, 6) is 0. The molecular formula is C26H28Cl2SiZr. The second kappa shape index (κ2) is 8.40. The van der Waals surface area contributed by atoms with E-state index in [1.807, 2.05) is 0 Å². The number of allylic oxidation sites excluding steroid dienone is 2. The van der Waals surface area contributed by atoms with Gasteiger partial charge >= 0.3 is 171 Å². The maximum atomic E-state index is 2.68. The first-order valence-electron chi connectivity index (χ1n) is 10.1. The quantitative estimate of drug-likeness (QED) is 0.314. The van der Waals surface area contributed by atoms with Crippen LogP contribution in [0.4, 0.5) is 0 Å². The van der Waals surface area contributed by atoms with Crippen LogP contribution in [-0.4, -0.2) is 6.88 Å². The Labute approximate surface area is 194 Å². The summed E-state index contributed by atoms with van der Waals surface area (Å²) in [4.78, 5) is 0. The van der Waals surface area contributed by atoms with E-state index in [1.54, 1.807) is 11.1 Å². The second-order valence-electron chi connectivity index (χ2n) is 9.43. The Balaban J connectivity index is 0.00000128. The van der Waals surface area contributed by atoms with Crippen LogP contribution in [0.5, 0.6) is 0 Å². The van der Waals surface area contributed by atoms with Gasteiger partial charge < -0.3 is 0 Å². The first kappa shape index (κ1) is 23.5. The van der Waals surface area contributed by atoms with Crippen LogP contribution in [0.25, 0.3) is 17.7 Å². The molecule has 0 aromatic heterocycles. The van der Waals surface area contributed by atoms with Gasteiger partial charge in [0.2, 0.25) is 0 Å². The molecule has 2 unspecified atom stereocenters. The minimum atomic E-state index is -3.32. The third kappa shape index (κ3) is 3.67. The van der Waals surface area contributed by atoms with Crippen molar-refractivity contribution in [3.05, 3.63) is 113 Å². The summed E-state index contributed by atoms with van der Waals surface area (Å²) in [6, 6.07) is 29.1. The van der Waals surface area contributed by atoms with Crippen molar-refractivity contribution in [2.45, 2.75) is 16.5 Å². The molecule has 0 heterocycles. The van der Waals surface area contributed by atoms with Gasteiger partial charge in [-0.05, 0) is 0 Å². The van der Waals surface area contributed by atoms with Gasteiger partial charge in [0.05, 0.1) is 0 Å². The normalized spacial score (nSPS) is 19.2. The molecule has 2 aliphatic carbocycles. The molecule has 5 rings (SSSR count). The zero-order valence-electron chi connectivity index (χ0n) is 17.4. The van der Waals surface area contributed by atoms with E-state index in [9.17, 15) is 0 Å². The van der Waals surface area contributed by atoms with Crippen LogP contribution in [0, 0.1) is 0 Å². The third-order valence-electron chi connectivity index (χ3n) is 6.81. The molecule has 0 nitrogen and oxygen atoms in total. The average molecular weight is 531 g/mol. The Bertz CT molecular complexity index is 1200. The molecule has 30 heavy (non-hydrogen) atoms. The molecule has 0 bridgehead atoms. The Hall–Kier alpha value is -1.18. The van der Waals surface area contributed by atoms with Crippen molar-refractivity contribution in [2.75, 3.05) is 0 Å². The fourth-order valence-corrected chi connectivity index (χ4v) is 22.3. The van der Waals surface area contributed by atoms with Gasteiger partial charge in [0.1, 0.15) is 0 Å². The minimum absolute atomic E-state index is 0. The molecule has 0 aliphatic heterocycles. The van der Waals surface area contributed by atoms with Gasteiger partial charge in [-0.3, -0.25) is 0 Å². The van der Waals surface area contributed by atoms with Crippen LogP contribution in [0.3, 0.4) is 0 Å². The zero-order valence-corrected chi connectivity index (χ0v) is 22.9. The van der Waals surface area contributed by atoms with Crippen molar-refractivity contribution in [1.82, 2.24) is 0 Å². The van der Waals surface area contributed by atoms with E-state index in [0.29, 0.717) is 7.25 Å². The fraction of sp³-hybridized carbons (Fsp3) is 0.154. The van der Waals surface area contributed by atoms with E-state index in [4.69, 9.17) is 0 Å². The molecule has 154 valence electrons. The number of hydrogen-bond acceptors (Lipinski definition) is 0. The Kier molecular flexibility index (Phi) is 6.57. The number of rotatable bonds is 3. The molecule has 0 saturated carbocycles. The van der Waals surface area contributed by atoms with Gasteiger partial charge in [-0.15, -0.1) is 24.8 Å². The van der Waals surface area contributed by atoms with Crippen molar-refractivity contribution >= 4 is 49.4 Å². The number of hydrogen-bond donors (Lipinski definition) is 0. The number of halogens is 2. The summed E-state index contributed by atoms with van der Waals surface area (Å²) in [7, 11) is 0. The van der Waals surface area contributed by atoms with Crippen LogP contribution >= 0.6 is 24.8 Å². The predicted molar refractivity (Wildman–Crippen MR) is 136 cm³/mol. The summed E-state index contributed by atoms with van der Waals surface area (Å²) in [6.45, 7) is 2.39. The maximum absolute atomic E-state index is 3.32. The molecule has 0 saturated heterocycles. The van der Waals surface area contributed by atoms with Gasteiger partial charge in [-0.2, -0.15) is 0 Å². The van der Waals surface area contributed by atoms with E-state index in [2.05, 4.69) is 113 Å². The summed E-state index contributed by atoms with van der Waals surface area (Å²) in [5, 5.41) is 0. The van der Waals surface area contributed by atoms with Crippen molar-refractivity contribution < 1.29 is 17.4 Å². The molecule has 0 spiro atoms. The summed E-state index contributed by atoms with van der Waals surface area (Å²) in [5.41, 5.74) is 8.84. The predicted octanol–water partition coefficient (Wildman–Crippen LogP) is 7.23. The average Bonchev–Trinajstić information content (AvgIpc) is 3.31. The van der Waals surface area contributed by atoms with Crippen LogP contribution in [0.1, 0.15) is 35.1 Å². The van der Waals surface area contributed by atoms with E-state index in [0.717, 1.165) is 0 Å². The fourth-order valence-electron chi connectivity index (χ4n) is 5.48. The Morgan fingerprint density at radius 3 is 1.97 bits per heavy atom. The molecule has 3 aromatic rings. The van der Waals surface area contributed by atoms with Crippen molar-refractivity contribution in [3.8, 4) is 0 Å². The Morgan fingerprint density at radius 1 is 0.700 bits per heavy atom. The summed E-state index contributed by atoms with van der Waals surface area (Å²) < 4.78 is 6.49. The molecule has 4 heteroatoms.